The van der Waals surface area contributed by atoms with Crippen molar-refractivity contribution in [3.63, 3.8) is 0 Å². The molecule has 0 saturated heterocycles. The maximum atomic E-state index is 10.8. The molecule has 0 amide bonds. The molecule has 0 aromatic carbocycles. The molecule has 1 unspecified atom stereocenters. The topological polar surface area (TPSA) is 66.6 Å². The molecule has 0 bridgehead atoms. The lowest BCUT2D eigenvalue weighted by molar-refractivity contribution is -0.143. The molecule has 0 aliphatic carbocycles. The van der Waals surface area contributed by atoms with Crippen molar-refractivity contribution in [3.05, 3.63) is 0 Å². The minimum absolute atomic E-state index is 0.156. The third-order valence-electron chi connectivity index (χ3n) is 1.83. The smallest absolute Gasteiger partial charge is 0.324 e. The average molecular weight is 202 g/mol. The molecule has 0 aliphatic heterocycles. The second-order valence-electron chi connectivity index (χ2n) is 5.46. The molecule has 0 fully saturated rings. The molecular formula is C10H22N2O2. The van der Waals surface area contributed by atoms with Gasteiger partial charge in [0.1, 0.15) is 5.54 Å². The second-order valence-corrected chi connectivity index (χ2v) is 5.46. The summed E-state index contributed by atoms with van der Waals surface area (Å²) < 4.78 is 0. The number of aliphatic carboxylic acids is 1. The summed E-state index contributed by atoms with van der Waals surface area (Å²) in [5, 5.41) is 8.84. The van der Waals surface area contributed by atoms with Crippen LogP contribution in [-0.4, -0.2) is 41.7 Å². The van der Waals surface area contributed by atoms with E-state index < -0.39 is 11.5 Å². The van der Waals surface area contributed by atoms with Gasteiger partial charge in [-0.15, -0.1) is 0 Å². The Morgan fingerprint density at radius 1 is 1.29 bits per heavy atom. The first kappa shape index (κ1) is 13.4. The molecule has 0 heterocycles. The molecule has 0 saturated carbocycles. The lowest BCUT2D eigenvalue weighted by atomic mass is 9.95. The zero-order valence-corrected chi connectivity index (χ0v) is 9.79. The van der Waals surface area contributed by atoms with Crippen LogP contribution in [0.15, 0.2) is 0 Å². The Balaban J connectivity index is 4.19. The van der Waals surface area contributed by atoms with Gasteiger partial charge in [0.15, 0.2) is 0 Å². The van der Waals surface area contributed by atoms with Gasteiger partial charge in [0.05, 0.1) is 0 Å². The van der Waals surface area contributed by atoms with Gasteiger partial charge in [0, 0.05) is 13.1 Å². The van der Waals surface area contributed by atoms with Gasteiger partial charge in [-0.1, -0.05) is 20.8 Å². The summed E-state index contributed by atoms with van der Waals surface area (Å²) in [5.41, 5.74) is 4.63. The van der Waals surface area contributed by atoms with Crippen molar-refractivity contribution in [2.75, 3.05) is 20.1 Å². The Morgan fingerprint density at radius 2 is 1.71 bits per heavy atom. The summed E-state index contributed by atoms with van der Waals surface area (Å²) >= 11 is 0. The van der Waals surface area contributed by atoms with Crippen molar-refractivity contribution in [1.82, 2.24) is 4.90 Å². The van der Waals surface area contributed by atoms with Gasteiger partial charge in [0.25, 0.3) is 0 Å². The molecule has 3 N–H and O–H groups in total. The minimum atomic E-state index is -1.17. The van der Waals surface area contributed by atoms with Gasteiger partial charge in [-0.3, -0.25) is 4.79 Å². The van der Waals surface area contributed by atoms with Gasteiger partial charge in [0.2, 0.25) is 0 Å². The SMILES string of the molecule is CN(CC(C)(C)C)CC(C)(N)C(=O)O. The third-order valence-corrected chi connectivity index (χ3v) is 1.83. The lowest BCUT2D eigenvalue weighted by Crippen LogP contribution is -2.53. The monoisotopic (exact) mass is 202 g/mol. The van der Waals surface area contributed by atoms with Crippen molar-refractivity contribution in [1.29, 1.82) is 0 Å². The van der Waals surface area contributed by atoms with E-state index in [1.165, 1.54) is 6.92 Å². The quantitative estimate of drug-likeness (QED) is 0.706. The summed E-state index contributed by atoms with van der Waals surface area (Å²) in [6.07, 6.45) is 0. The van der Waals surface area contributed by atoms with Crippen molar-refractivity contribution in [2.24, 2.45) is 11.1 Å². The van der Waals surface area contributed by atoms with Crippen LogP contribution in [0.1, 0.15) is 27.7 Å². The lowest BCUT2D eigenvalue weighted by Gasteiger charge is -2.31. The fourth-order valence-electron chi connectivity index (χ4n) is 1.49. The summed E-state index contributed by atoms with van der Waals surface area (Å²) in [6, 6.07) is 0. The molecule has 14 heavy (non-hydrogen) atoms. The predicted molar refractivity (Wildman–Crippen MR) is 57.2 cm³/mol. The highest BCUT2D eigenvalue weighted by Gasteiger charge is 2.30. The summed E-state index contributed by atoms with van der Waals surface area (Å²) in [7, 11) is 1.89. The number of nitrogens with two attached hydrogens (primary N) is 1. The first-order valence-electron chi connectivity index (χ1n) is 4.75. The zero-order valence-electron chi connectivity index (χ0n) is 9.79. The highest BCUT2D eigenvalue weighted by molar-refractivity contribution is 5.78. The Morgan fingerprint density at radius 3 is 2.00 bits per heavy atom. The van der Waals surface area contributed by atoms with Gasteiger partial charge in [-0.25, -0.2) is 0 Å². The highest BCUT2D eigenvalue weighted by Crippen LogP contribution is 2.15. The standard InChI is InChI=1S/C10H22N2O2/c1-9(2,3)6-12(5)7-10(4,11)8(13)14/h6-7,11H2,1-5H3,(H,13,14). The molecule has 0 aliphatic rings. The molecule has 4 nitrogen and oxygen atoms in total. The minimum Gasteiger partial charge on any atom is -0.480 e. The highest BCUT2D eigenvalue weighted by atomic mass is 16.4. The van der Waals surface area contributed by atoms with Crippen molar-refractivity contribution in [2.45, 2.75) is 33.2 Å². The Labute approximate surface area is 86.1 Å². The van der Waals surface area contributed by atoms with E-state index in [1.54, 1.807) is 0 Å². The van der Waals surface area contributed by atoms with Crippen molar-refractivity contribution in [3.8, 4) is 0 Å². The maximum absolute atomic E-state index is 10.8. The van der Waals surface area contributed by atoms with E-state index >= 15 is 0 Å². The van der Waals surface area contributed by atoms with Crippen LogP contribution in [0.2, 0.25) is 0 Å². The van der Waals surface area contributed by atoms with Crippen LogP contribution < -0.4 is 5.73 Å². The van der Waals surface area contributed by atoms with Crippen molar-refractivity contribution >= 4 is 5.97 Å². The van der Waals surface area contributed by atoms with Crippen LogP contribution in [-0.2, 0) is 4.79 Å². The fourth-order valence-corrected chi connectivity index (χ4v) is 1.49. The maximum Gasteiger partial charge on any atom is 0.324 e. The van der Waals surface area contributed by atoms with Crippen LogP contribution >= 0.6 is 0 Å². The molecular weight excluding hydrogens is 180 g/mol. The molecule has 0 rings (SSSR count). The first-order valence-corrected chi connectivity index (χ1v) is 4.75. The Bertz CT molecular complexity index is 207. The number of rotatable bonds is 4. The fraction of sp³-hybridized carbons (Fsp3) is 0.900. The summed E-state index contributed by atoms with van der Waals surface area (Å²) in [5.74, 6) is -0.960. The van der Waals surface area contributed by atoms with E-state index in [0.29, 0.717) is 6.54 Å². The van der Waals surface area contributed by atoms with Gasteiger partial charge in [-0.05, 0) is 19.4 Å². The van der Waals surface area contributed by atoms with E-state index in [2.05, 4.69) is 20.8 Å². The number of likely N-dealkylation sites (N-methyl/N-ethyl adjacent to an activating group) is 1. The number of hydrogen-bond acceptors (Lipinski definition) is 3. The van der Waals surface area contributed by atoms with Crippen LogP contribution in [0.25, 0.3) is 0 Å². The molecule has 0 aromatic heterocycles. The number of nitrogens with zero attached hydrogens (tertiary/aromatic N) is 1. The summed E-state index contributed by atoms with van der Waals surface area (Å²) in [6.45, 7) is 9.05. The van der Waals surface area contributed by atoms with Gasteiger partial charge in [-0.2, -0.15) is 0 Å². The molecule has 1 atom stereocenters. The molecule has 84 valence electrons. The predicted octanol–water partition coefficient (Wildman–Crippen LogP) is 0.766. The number of carboxylic acid groups (broad SMARTS) is 1. The number of hydrogen-bond donors (Lipinski definition) is 2. The van der Waals surface area contributed by atoms with E-state index in [-0.39, 0.29) is 5.41 Å². The number of carbonyl (C=O) groups is 1. The third kappa shape index (κ3) is 5.19. The second kappa shape index (κ2) is 4.28. The Hall–Kier alpha value is -0.610. The van der Waals surface area contributed by atoms with E-state index in [9.17, 15) is 4.79 Å². The molecule has 0 aromatic rings. The van der Waals surface area contributed by atoms with E-state index in [0.717, 1.165) is 6.54 Å². The van der Waals surface area contributed by atoms with E-state index in [1.807, 2.05) is 11.9 Å². The zero-order chi connectivity index (χ0) is 11.6. The summed E-state index contributed by atoms with van der Waals surface area (Å²) in [4.78, 5) is 12.7. The average Bonchev–Trinajstić information content (AvgIpc) is 1.79. The molecule has 4 heteroatoms. The van der Waals surface area contributed by atoms with Crippen LogP contribution in [0.5, 0.6) is 0 Å². The Kier molecular flexibility index (Phi) is 4.09. The molecule has 0 spiro atoms. The number of carboxylic acids is 1. The van der Waals surface area contributed by atoms with Crippen molar-refractivity contribution < 1.29 is 9.90 Å². The largest absolute Gasteiger partial charge is 0.480 e. The van der Waals surface area contributed by atoms with Gasteiger partial charge >= 0.3 is 5.97 Å². The molecule has 0 radical (unpaired) electrons. The first-order chi connectivity index (χ1) is 6.04. The van der Waals surface area contributed by atoms with Crippen LogP contribution in [0.4, 0.5) is 0 Å². The van der Waals surface area contributed by atoms with Crippen LogP contribution in [0, 0.1) is 5.41 Å². The normalized spacial score (nSPS) is 16.8. The van der Waals surface area contributed by atoms with E-state index in [4.69, 9.17) is 10.8 Å². The van der Waals surface area contributed by atoms with Crippen LogP contribution in [0.3, 0.4) is 0 Å². The van der Waals surface area contributed by atoms with Gasteiger partial charge < -0.3 is 15.7 Å².